The van der Waals surface area contributed by atoms with Crippen LogP contribution in [-0.4, -0.2) is 40.2 Å². The smallest absolute Gasteiger partial charge is 0.173 e. The molecule has 0 bridgehead atoms. The number of imidazole rings is 1. The summed E-state index contributed by atoms with van der Waals surface area (Å²) in [6, 6.07) is 18.8. The summed E-state index contributed by atoms with van der Waals surface area (Å²) < 4.78 is 7.54. The average Bonchev–Trinajstić information content (AvgIpc) is 3.07. The zero-order chi connectivity index (χ0) is 17.5. The second-order valence-electron chi connectivity index (χ2n) is 5.65. The molecule has 0 amide bonds. The molecule has 4 nitrogen and oxygen atoms in total. The fraction of sp³-hybridized carbons (Fsp3) is 0.250. The van der Waals surface area contributed by atoms with Crippen LogP contribution in [0.25, 0.3) is 16.9 Å². The molecule has 3 aromatic rings. The Morgan fingerprint density at radius 1 is 1.04 bits per heavy atom. The molecule has 0 saturated heterocycles. The predicted molar refractivity (Wildman–Crippen MR) is 102 cm³/mol. The summed E-state index contributed by atoms with van der Waals surface area (Å²) in [4.78, 5) is 4.63. The molecule has 0 radical (unpaired) electrons. The molecular weight excluding hydrogens is 332 g/mol. The molecule has 0 atom stereocenters. The quantitative estimate of drug-likeness (QED) is 0.491. The van der Waals surface area contributed by atoms with Crippen molar-refractivity contribution in [2.45, 2.75) is 12.1 Å². The lowest BCUT2D eigenvalue weighted by atomic mass is 10.1. The van der Waals surface area contributed by atoms with E-state index >= 15 is 0 Å². The van der Waals surface area contributed by atoms with Gasteiger partial charge in [0.15, 0.2) is 5.16 Å². The van der Waals surface area contributed by atoms with Gasteiger partial charge in [-0.2, -0.15) is 0 Å². The maximum absolute atomic E-state index is 8.78. The summed E-state index contributed by atoms with van der Waals surface area (Å²) in [5.41, 5.74) is 4.54. The van der Waals surface area contributed by atoms with Crippen LogP contribution in [0.1, 0.15) is 5.56 Å². The van der Waals surface area contributed by atoms with Crippen molar-refractivity contribution in [3.05, 3.63) is 66.4 Å². The third kappa shape index (κ3) is 4.51. The minimum Gasteiger partial charge on any atom is -0.394 e. The molecule has 3 rings (SSSR count). The number of ether oxygens (including phenoxy) is 1. The van der Waals surface area contributed by atoms with Crippen molar-refractivity contribution in [2.75, 3.05) is 25.6 Å². The highest BCUT2D eigenvalue weighted by Crippen LogP contribution is 2.29. The molecule has 0 spiro atoms. The van der Waals surface area contributed by atoms with Crippen LogP contribution >= 0.6 is 11.8 Å². The molecule has 0 unspecified atom stereocenters. The number of aryl methyl sites for hydroxylation is 1. The van der Waals surface area contributed by atoms with Gasteiger partial charge in [-0.1, -0.05) is 59.8 Å². The van der Waals surface area contributed by atoms with Gasteiger partial charge < -0.3 is 9.84 Å². The van der Waals surface area contributed by atoms with E-state index in [2.05, 4.69) is 52.9 Å². The Hall–Kier alpha value is -2.08. The van der Waals surface area contributed by atoms with Crippen LogP contribution in [0.15, 0.2) is 66.0 Å². The molecular formula is C20H22N2O2S. The second-order valence-corrected chi connectivity index (χ2v) is 6.71. The Bertz CT molecular complexity index is 785. The fourth-order valence-electron chi connectivity index (χ4n) is 2.55. The number of hydrogen-bond donors (Lipinski definition) is 1. The van der Waals surface area contributed by atoms with Crippen molar-refractivity contribution in [2.24, 2.45) is 0 Å². The van der Waals surface area contributed by atoms with Gasteiger partial charge in [0, 0.05) is 17.0 Å². The maximum atomic E-state index is 8.78. The predicted octanol–water partition coefficient (Wildman–Crippen LogP) is 3.95. The minimum absolute atomic E-state index is 0.0564. The Morgan fingerprint density at radius 3 is 2.52 bits per heavy atom. The van der Waals surface area contributed by atoms with Crippen LogP contribution in [-0.2, 0) is 4.74 Å². The van der Waals surface area contributed by atoms with Crippen molar-refractivity contribution in [3.8, 4) is 16.9 Å². The summed E-state index contributed by atoms with van der Waals surface area (Å²) in [7, 11) is 0. The van der Waals surface area contributed by atoms with Crippen LogP contribution in [0, 0.1) is 6.92 Å². The summed E-state index contributed by atoms with van der Waals surface area (Å²) >= 11 is 1.66. The van der Waals surface area contributed by atoms with Crippen molar-refractivity contribution in [1.82, 2.24) is 9.55 Å². The molecule has 1 aromatic heterocycles. The lowest BCUT2D eigenvalue weighted by Crippen LogP contribution is -2.04. The van der Waals surface area contributed by atoms with E-state index in [1.54, 1.807) is 11.8 Å². The first-order valence-electron chi connectivity index (χ1n) is 8.31. The summed E-state index contributed by atoms with van der Waals surface area (Å²) in [6.07, 6.45) is 1.92. The van der Waals surface area contributed by atoms with E-state index in [1.165, 1.54) is 5.56 Å². The minimum atomic E-state index is 0.0564. The van der Waals surface area contributed by atoms with Crippen molar-refractivity contribution in [3.63, 3.8) is 0 Å². The lowest BCUT2D eigenvalue weighted by molar-refractivity contribution is 0.103. The molecule has 130 valence electrons. The standard InChI is InChI=1S/C20H22N2O2S/c1-16-7-9-18(10-8-16)22-19(17-5-3-2-4-6-17)15-21-20(22)25-14-13-24-12-11-23/h2-10,15,23H,11-14H2,1H3. The van der Waals surface area contributed by atoms with E-state index in [4.69, 9.17) is 9.84 Å². The molecule has 5 heteroatoms. The first-order valence-corrected chi connectivity index (χ1v) is 9.30. The molecule has 1 heterocycles. The Balaban J connectivity index is 1.90. The second kappa shape index (κ2) is 8.85. The van der Waals surface area contributed by atoms with Gasteiger partial charge in [-0.3, -0.25) is 4.57 Å². The van der Waals surface area contributed by atoms with Crippen molar-refractivity contribution >= 4 is 11.8 Å². The number of hydrogen-bond acceptors (Lipinski definition) is 4. The number of rotatable bonds is 8. The lowest BCUT2D eigenvalue weighted by Gasteiger charge is -2.12. The molecule has 0 aliphatic heterocycles. The molecule has 0 saturated carbocycles. The van der Waals surface area contributed by atoms with E-state index in [0.29, 0.717) is 13.2 Å². The molecule has 0 fully saturated rings. The van der Waals surface area contributed by atoms with Gasteiger partial charge in [0.1, 0.15) is 0 Å². The third-order valence-electron chi connectivity index (χ3n) is 3.79. The zero-order valence-electron chi connectivity index (χ0n) is 14.3. The highest BCUT2D eigenvalue weighted by atomic mass is 32.2. The number of thioether (sulfide) groups is 1. The molecule has 2 aromatic carbocycles. The van der Waals surface area contributed by atoms with Gasteiger partial charge in [-0.05, 0) is 19.1 Å². The Morgan fingerprint density at radius 2 is 1.80 bits per heavy atom. The van der Waals surface area contributed by atoms with Gasteiger partial charge in [0.05, 0.1) is 31.7 Å². The van der Waals surface area contributed by atoms with E-state index in [-0.39, 0.29) is 6.61 Å². The van der Waals surface area contributed by atoms with E-state index < -0.39 is 0 Å². The van der Waals surface area contributed by atoms with Gasteiger partial charge >= 0.3 is 0 Å². The van der Waals surface area contributed by atoms with Crippen LogP contribution in [0.4, 0.5) is 0 Å². The molecule has 1 N–H and O–H groups in total. The number of aliphatic hydroxyl groups excluding tert-OH is 1. The average molecular weight is 354 g/mol. The number of aliphatic hydroxyl groups is 1. The van der Waals surface area contributed by atoms with Gasteiger partial charge in [-0.15, -0.1) is 0 Å². The molecule has 25 heavy (non-hydrogen) atoms. The van der Waals surface area contributed by atoms with E-state index in [0.717, 1.165) is 27.9 Å². The van der Waals surface area contributed by atoms with Crippen LogP contribution in [0.2, 0.25) is 0 Å². The normalized spacial score (nSPS) is 11.0. The maximum Gasteiger partial charge on any atom is 0.173 e. The monoisotopic (exact) mass is 354 g/mol. The molecule has 0 aliphatic rings. The molecule has 0 aliphatic carbocycles. The number of aromatic nitrogens is 2. The van der Waals surface area contributed by atoms with Gasteiger partial charge in [0.2, 0.25) is 0 Å². The topological polar surface area (TPSA) is 47.3 Å². The first-order chi connectivity index (χ1) is 12.3. The summed E-state index contributed by atoms with van der Waals surface area (Å²) in [5.74, 6) is 0.789. The van der Waals surface area contributed by atoms with E-state index in [1.807, 2.05) is 24.4 Å². The largest absolute Gasteiger partial charge is 0.394 e. The van der Waals surface area contributed by atoms with Gasteiger partial charge in [-0.25, -0.2) is 4.98 Å². The van der Waals surface area contributed by atoms with Gasteiger partial charge in [0.25, 0.3) is 0 Å². The Labute approximate surface area is 152 Å². The number of nitrogens with zero attached hydrogens (tertiary/aromatic N) is 2. The summed E-state index contributed by atoms with van der Waals surface area (Å²) in [6.45, 7) is 3.11. The van der Waals surface area contributed by atoms with Crippen LogP contribution in [0.5, 0.6) is 0 Å². The zero-order valence-corrected chi connectivity index (χ0v) is 15.1. The Kier molecular flexibility index (Phi) is 6.28. The fourth-order valence-corrected chi connectivity index (χ4v) is 3.39. The van der Waals surface area contributed by atoms with Crippen LogP contribution < -0.4 is 0 Å². The van der Waals surface area contributed by atoms with E-state index in [9.17, 15) is 0 Å². The van der Waals surface area contributed by atoms with Crippen LogP contribution in [0.3, 0.4) is 0 Å². The van der Waals surface area contributed by atoms with Crippen molar-refractivity contribution < 1.29 is 9.84 Å². The first kappa shape index (κ1) is 17.7. The SMILES string of the molecule is Cc1ccc(-n2c(-c3ccccc3)cnc2SCCOCCO)cc1. The highest BCUT2D eigenvalue weighted by molar-refractivity contribution is 7.99. The highest BCUT2D eigenvalue weighted by Gasteiger charge is 2.13. The number of benzene rings is 2. The third-order valence-corrected chi connectivity index (χ3v) is 4.70. The summed E-state index contributed by atoms with van der Waals surface area (Å²) in [5, 5.41) is 9.72. The van der Waals surface area contributed by atoms with Crippen molar-refractivity contribution in [1.29, 1.82) is 0 Å².